The number of piperazine rings is 1. The maximum Gasteiger partial charge on any atom is 0.253 e. The van der Waals surface area contributed by atoms with E-state index in [1.807, 2.05) is 18.2 Å². The van der Waals surface area contributed by atoms with Crippen molar-refractivity contribution in [1.29, 1.82) is 0 Å². The Hall–Kier alpha value is -2.75. The van der Waals surface area contributed by atoms with Crippen molar-refractivity contribution in [2.24, 2.45) is 0 Å². The molecule has 0 bridgehead atoms. The van der Waals surface area contributed by atoms with Gasteiger partial charge >= 0.3 is 0 Å². The molecule has 2 aromatic carbocycles. The van der Waals surface area contributed by atoms with E-state index >= 15 is 0 Å². The van der Waals surface area contributed by atoms with Crippen molar-refractivity contribution in [2.75, 3.05) is 39.3 Å². The van der Waals surface area contributed by atoms with E-state index in [4.69, 9.17) is 4.74 Å². The predicted molar refractivity (Wildman–Crippen MR) is 119 cm³/mol. The zero-order valence-electron chi connectivity index (χ0n) is 17.8. The number of carbonyl (C=O) groups is 2. The first-order chi connectivity index (χ1) is 15.4. The summed E-state index contributed by atoms with van der Waals surface area (Å²) in [5.74, 6) is -0.212. The topological polar surface area (TPSA) is 96.0 Å². The number of amides is 2. The van der Waals surface area contributed by atoms with Crippen LogP contribution in [0.4, 0.5) is 0 Å². The number of sulfonamides is 1. The van der Waals surface area contributed by atoms with E-state index in [1.54, 1.807) is 21.9 Å². The average molecular weight is 458 g/mol. The molecule has 2 heterocycles. The fraction of sp³-hybridized carbons (Fsp3) is 0.391. The SMILES string of the molecule is O=C(c1ccccc1)N1CCN(C(=O)c2ccc(S(=O)(=O)NCC3CCCO3)cc2)CC1. The van der Waals surface area contributed by atoms with E-state index in [0.29, 0.717) is 43.9 Å². The van der Waals surface area contributed by atoms with E-state index in [2.05, 4.69) is 4.72 Å². The zero-order valence-corrected chi connectivity index (χ0v) is 18.6. The Morgan fingerprint density at radius 3 is 1.97 bits per heavy atom. The van der Waals surface area contributed by atoms with Crippen molar-refractivity contribution in [1.82, 2.24) is 14.5 Å². The van der Waals surface area contributed by atoms with Crippen LogP contribution in [0.5, 0.6) is 0 Å². The van der Waals surface area contributed by atoms with Gasteiger partial charge in [0.05, 0.1) is 11.0 Å². The molecule has 0 aromatic heterocycles. The Balaban J connectivity index is 1.32. The molecular weight excluding hydrogens is 430 g/mol. The van der Waals surface area contributed by atoms with Gasteiger partial charge < -0.3 is 14.5 Å². The highest BCUT2D eigenvalue weighted by Gasteiger charge is 2.26. The summed E-state index contributed by atoms with van der Waals surface area (Å²) in [4.78, 5) is 29.0. The summed E-state index contributed by atoms with van der Waals surface area (Å²) in [6.07, 6.45) is 1.70. The largest absolute Gasteiger partial charge is 0.377 e. The summed E-state index contributed by atoms with van der Waals surface area (Å²) >= 11 is 0. The lowest BCUT2D eigenvalue weighted by molar-refractivity contribution is 0.0535. The van der Waals surface area contributed by atoms with Gasteiger partial charge in [-0.2, -0.15) is 0 Å². The van der Waals surface area contributed by atoms with Crippen LogP contribution < -0.4 is 4.72 Å². The second-order valence-electron chi connectivity index (χ2n) is 7.96. The van der Waals surface area contributed by atoms with Crippen LogP contribution in [0.3, 0.4) is 0 Å². The summed E-state index contributed by atoms with van der Waals surface area (Å²) < 4.78 is 33.0. The molecule has 170 valence electrons. The molecule has 2 aromatic rings. The molecule has 9 heteroatoms. The van der Waals surface area contributed by atoms with Crippen LogP contribution in [0, 0.1) is 0 Å². The third-order valence-corrected chi connectivity index (χ3v) is 7.25. The molecule has 4 rings (SSSR count). The first kappa shape index (κ1) is 22.4. The second-order valence-corrected chi connectivity index (χ2v) is 9.73. The minimum Gasteiger partial charge on any atom is -0.377 e. The number of ether oxygens (including phenoxy) is 1. The minimum absolute atomic E-state index is 0.0391. The van der Waals surface area contributed by atoms with Crippen molar-refractivity contribution in [3.63, 3.8) is 0 Å². The van der Waals surface area contributed by atoms with Gasteiger partial charge in [0, 0.05) is 50.5 Å². The first-order valence-electron chi connectivity index (χ1n) is 10.8. The smallest absolute Gasteiger partial charge is 0.253 e. The molecule has 0 radical (unpaired) electrons. The number of nitrogens with zero attached hydrogens (tertiary/aromatic N) is 2. The lowest BCUT2D eigenvalue weighted by atomic mass is 10.1. The van der Waals surface area contributed by atoms with Crippen LogP contribution in [0.15, 0.2) is 59.5 Å². The van der Waals surface area contributed by atoms with Crippen LogP contribution >= 0.6 is 0 Å². The second kappa shape index (κ2) is 9.81. The fourth-order valence-electron chi connectivity index (χ4n) is 3.93. The standard InChI is InChI=1S/C23H27N3O5S/c27-22(18-5-2-1-3-6-18)25-12-14-26(15-13-25)23(28)19-8-10-21(11-9-19)32(29,30)24-17-20-7-4-16-31-20/h1-3,5-6,8-11,20,24H,4,7,12-17H2. The molecule has 0 spiro atoms. The number of nitrogens with one attached hydrogen (secondary N) is 1. The summed E-state index contributed by atoms with van der Waals surface area (Å²) in [6, 6.07) is 15.0. The highest BCUT2D eigenvalue weighted by Crippen LogP contribution is 2.16. The molecule has 0 saturated carbocycles. The predicted octanol–water partition coefficient (Wildman–Crippen LogP) is 1.74. The van der Waals surface area contributed by atoms with E-state index in [9.17, 15) is 18.0 Å². The third kappa shape index (κ3) is 5.17. The van der Waals surface area contributed by atoms with Crippen molar-refractivity contribution < 1.29 is 22.7 Å². The van der Waals surface area contributed by atoms with Crippen LogP contribution in [0.25, 0.3) is 0 Å². The molecule has 2 fully saturated rings. The molecule has 8 nitrogen and oxygen atoms in total. The van der Waals surface area contributed by atoms with E-state index in [1.165, 1.54) is 24.3 Å². The lowest BCUT2D eigenvalue weighted by Crippen LogP contribution is -2.50. The monoisotopic (exact) mass is 457 g/mol. The van der Waals surface area contributed by atoms with E-state index in [-0.39, 0.29) is 29.4 Å². The maximum atomic E-state index is 12.8. The number of rotatable bonds is 6. The Morgan fingerprint density at radius 2 is 1.44 bits per heavy atom. The Labute approximate surface area is 188 Å². The molecular formula is C23H27N3O5S. The highest BCUT2D eigenvalue weighted by atomic mass is 32.2. The average Bonchev–Trinajstić information content (AvgIpc) is 3.37. The van der Waals surface area contributed by atoms with Crippen LogP contribution in [-0.4, -0.2) is 75.5 Å². The summed E-state index contributed by atoms with van der Waals surface area (Å²) in [6.45, 7) is 2.69. The van der Waals surface area contributed by atoms with Gasteiger partial charge in [0.25, 0.3) is 11.8 Å². The minimum atomic E-state index is -3.66. The number of carbonyl (C=O) groups excluding carboxylic acids is 2. The number of hydrogen-bond acceptors (Lipinski definition) is 5. The van der Waals surface area contributed by atoms with Gasteiger partial charge in [-0.15, -0.1) is 0 Å². The van der Waals surface area contributed by atoms with Gasteiger partial charge in [0.2, 0.25) is 10.0 Å². The molecule has 32 heavy (non-hydrogen) atoms. The van der Waals surface area contributed by atoms with Crippen molar-refractivity contribution >= 4 is 21.8 Å². The van der Waals surface area contributed by atoms with Crippen LogP contribution in [0.1, 0.15) is 33.6 Å². The Morgan fingerprint density at radius 1 is 0.875 bits per heavy atom. The molecule has 0 aliphatic carbocycles. The quantitative estimate of drug-likeness (QED) is 0.713. The fourth-order valence-corrected chi connectivity index (χ4v) is 4.99. The van der Waals surface area contributed by atoms with E-state index in [0.717, 1.165) is 12.8 Å². The number of hydrogen-bond donors (Lipinski definition) is 1. The van der Waals surface area contributed by atoms with Crippen molar-refractivity contribution in [3.05, 3.63) is 65.7 Å². The molecule has 2 amide bonds. The van der Waals surface area contributed by atoms with Gasteiger partial charge in [0.15, 0.2) is 0 Å². The van der Waals surface area contributed by atoms with Crippen molar-refractivity contribution in [3.8, 4) is 0 Å². The lowest BCUT2D eigenvalue weighted by Gasteiger charge is -2.35. The van der Waals surface area contributed by atoms with Crippen molar-refractivity contribution in [2.45, 2.75) is 23.8 Å². The van der Waals surface area contributed by atoms with Gasteiger partial charge in [-0.25, -0.2) is 13.1 Å². The summed E-state index contributed by atoms with van der Waals surface area (Å²) in [5.41, 5.74) is 1.06. The van der Waals surface area contributed by atoms with Gasteiger partial charge in [-0.1, -0.05) is 18.2 Å². The van der Waals surface area contributed by atoms with Gasteiger partial charge in [-0.3, -0.25) is 9.59 Å². The Bertz CT molecular complexity index is 1040. The van der Waals surface area contributed by atoms with E-state index < -0.39 is 10.0 Å². The zero-order chi connectivity index (χ0) is 22.6. The molecule has 1 atom stereocenters. The molecule has 2 aliphatic heterocycles. The number of benzene rings is 2. The molecule has 2 aliphatic rings. The first-order valence-corrected chi connectivity index (χ1v) is 12.3. The summed E-state index contributed by atoms with van der Waals surface area (Å²) in [7, 11) is -3.66. The maximum absolute atomic E-state index is 12.8. The molecule has 1 unspecified atom stereocenters. The van der Waals surface area contributed by atoms with Gasteiger partial charge in [0.1, 0.15) is 0 Å². The Kier molecular flexibility index (Phi) is 6.88. The van der Waals surface area contributed by atoms with Gasteiger partial charge in [-0.05, 0) is 49.2 Å². The normalized spacial score (nSPS) is 19.2. The summed E-state index contributed by atoms with van der Waals surface area (Å²) in [5, 5.41) is 0. The van der Waals surface area contributed by atoms with Crippen LogP contribution in [-0.2, 0) is 14.8 Å². The highest BCUT2D eigenvalue weighted by molar-refractivity contribution is 7.89. The molecule has 1 N–H and O–H groups in total. The molecule has 2 saturated heterocycles. The third-order valence-electron chi connectivity index (χ3n) is 5.81. The van der Waals surface area contributed by atoms with Crippen LogP contribution in [0.2, 0.25) is 0 Å².